The monoisotopic (exact) mass is 342 g/mol. The Labute approximate surface area is 143 Å². The zero-order chi connectivity index (χ0) is 15.6. The van der Waals surface area contributed by atoms with E-state index >= 15 is 0 Å². The van der Waals surface area contributed by atoms with Crippen LogP contribution in [-0.2, 0) is 0 Å². The van der Waals surface area contributed by atoms with Crippen LogP contribution in [0.4, 0.5) is 5.13 Å². The molecule has 2 aromatic heterocycles. The van der Waals surface area contributed by atoms with Crippen molar-refractivity contribution in [2.75, 3.05) is 11.4 Å². The van der Waals surface area contributed by atoms with E-state index < -0.39 is 0 Å². The highest BCUT2D eigenvalue weighted by molar-refractivity contribution is 7.18. The number of anilines is 1. The second-order valence-corrected chi connectivity index (χ2v) is 6.84. The first-order valence-electron chi connectivity index (χ1n) is 7.59. The Morgan fingerprint density at radius 2 is 1.96 bits per heavy atom. The Balaban J connectivity index is 1.65. The van der Waals surface area contributed by atoms with E-state index in [2.05, 4.69) is 26.1 Å². The summed E-state index contributed by atoms with van der Waals surface area (Å²) in [6.07, 6.45) is 4.00. The van der Waals surface area contributed by atoms with Gasteiger partial charge in [-0.25, -0.2) is 0 Å². The highest BCUT2D eigenvalue weighted by atomic mass is 35.5. The van der Waals surface area contributed by atoms with Crippen LogP contribution in [0.25, 0.3) is 10.7 Å². The van der Waals surface area contributed by atoms with Crippen molar-refractivity contribution in [3.05, 3.63) is 59.2 Å². The fourth-order valence-corrected chi connectivity index (χ4v) is 4.15. The average molecular weight is 343 g/mol. The van der Waals surface area contributed by atoms with Crippen molar-refractivity contribution < 1.29 is 0 Å². The summed E-state index contributed by atoms with van der Waals surface area (Å²) in [5, 5.41) is 11.3. The minimum absolute atomic E-state index is 0.272. The third-order valence-corrected chi connectivity index (χ3v) is 5.39. The molecule has 0 N–H and O–H groups in total. The van der Waals surface area contributed by atoms with Crippen LogP contribution in [0.15, 0.2) is 48.7 Å². The summed E-state index contributed by atoms with van der Waals surface area (Å²) in [5.41, 5.74) is 2.03. The molecule has 1 fully saturated rings. The molecule has 1 aliphatic rings. The third-order valence-electron chi connectivity index (χ3n) is 4.06. The maximum atomic E-state index is 6.39. The standard InChI is InChI=1S/C17H15ClN4S/c18-13-7-2-1-6-12(13)15-9-5-11-22(15)17-21-20-16(23-17)14-8-3-4-10-19-14/h1-4,6-8,10,15H,5,9,11H2/t15-/m0/s1. The maximum absolute atomic E-state index is 6.39. The van der Waals surface area contributed by atoms with Crippen molar-refractivity contribution in [3.8, 4) is 10.7 Å². The van der Waals surface area contributed by atoms with Gasteiger partial charge in [-0.1, -0.05) is 47.2 Å². The van der Waals surface area contributed by atoms with Crippen molar-refractivity contribution in [1.82, 2.24) is 15.2 Å². The first kappa shape index (κ1) is 14.6. The molecule has 116 valence electrons. The first-order chi connectivity index (χ1) is 11.3. The Morgan fingerprint density at radius 1 is 1.09 bits per heavy atom. The lowest BCUT2D eigenvalue weighted by Gasteiger charge is -2.24. The van der Waals surface area contributed by atoms with Crippen LogP contribution in [0.2, 0.25) is 5.02 Å². The summed E-state index contributed by atoms with van der Waals surface area (Å²) in [6, 6.07) is 14.2. The number of hydrogen-bond donors (Lipinski definition) is 0. The predicted octanol–water partition coefficient (Wildman–Crippen LogP) is 4.60. The van der Waals surface area contributed by atoms with Gasteiger partial charge in [0.1, 0.15) is 5.69 Å². The molecule has 1 aliphatic heterocycles. The lowest BCUT2D eigenvalue weighted by Crippen LogP contribution is -2.22. The summed E-state index contributed by atoms with van der Waals surface area (Å²) in [6.45, 7) is 0.979. The molecular formula is C17H15ClN4S. The van der Waals surface area contributed by atoms with Gasteiger partial charge < -0.3 is 4.90 Å². The van der Waals surface area contributed by atoms with Gasteiger partial charge in [-0.2, -0.15) is 0 Å². The molecule has 0 bridgehead atoms. The van der Waals surface area contributed by atoms with Crippen LogP contribution in [0.5, 0.6) is 0 Å². The topological polar surface area (TPSA) is 41.9 Å². The molecule has 0 aliphatic carbocycles. The van der Waals surface area contributed by atoms with Gasteiger partial charge in [-0.15, -0.1) is 10.2 Å². The highest BCUT2D eigenvalue weighted by Gasteiger charge is 2.30. The molecule has 3 heterocycles. The zero-order valence-electron chi connectivity index (χ0n) is 12.4. The van der Waals surface area contributed by atoms with Gasteiger partial charge in [-0.3, -0.25) is 4.98 Å². The molecule has 1 atom stereocenters. The lowest BCUT2D eigenvalue weighted by atomic mass is 10.0. The Kier molecular flexibility index (Phi) is 3.97. The van der Waals surface area contributed by atoms with Gasteiger partial charge in [0.25, 0.3) is 0 Å². The molecule has 4 rings (SSSR count). The quantitative estimate of drug-likeness (QED) is 0.697. The molecular weight excluding hydrogens is 328 g/mol. The summed E-state index contributed by atoms with van der Waals surface area (Å²) < 4.78 is 0. The van der Waals surface area contributed by atoms with Gasteiger partial charge in [0.2, 0.25) is 5.13 Å². The Hall–Kier alpha value is -1.98. The minimum Gasteiger partial charge on any atom is -0.340 e. The molecule has 6 heteroatoms. The largest absolute Gasteiger partial charge is 0.340 e. The molecule has 1 aromatic carbocycles. The molecule has 3 aromatic rings. The van der Waals surface area contributed by atoms with Crippen molar-refractivity contribution in [1.29, 1.82) is 0 Å². The SMILES string of the molecule is Clc1ccccc1[C@@H]1CCCN1c1nnc(-c2ccccn2)s1. The van der Waals surface area contributed by atoms with E-state index in [1.165, 1.54) is 5.56 Å². The molecule has 1 saturated heterocycles. The van der Waals surface area contributed by atoms with E-state index in [-0.39, 0.29) is 6.04 Å². The van der Waals surface area contributed by atoms with Crippen molar-refractivity contribution in [2.24, 2.45) is 0 Å². The molecule has 4 nitrogen and oxygen atoms in total. The van der Waals surface area contributed by atoms with Crippen LogP contribution in [-0.4, -0.2) is 21.7 Å². The molecule has 0 radical (unpaired) electrons. The zero-order valence-corrected chi connectivity index (χ0v) is 14.0. The van der Waals surface area contributed by atoms with Gasteiger partial charge in [0, 0.05) is 17.8 Å². The van der Waals surface area contributed by atoms with Crippen LogP contribution in [0, 0.1) is 0 Å². The van der Waals surface area contributed by atoms with Gasteiger partial charge in [0.05, 0.1) is 6.04 Å². The van der Waals surface area contributed by atoms with Crippen molar-refractivity contribution in [3.63, 3.8) is 0 Å². The number of benzene rings is 1. The smallest absolute Gasteiger partial charge is 0.209 e. The van der Waals surface area contributed by atoms with Crippen LogP contribution >= 0.6 is 22.9 Å². The van der Waals surface area contributed by atoms with E-state index in [9.17, 15) is 0 Å². The number of nitrogens with zero attached hydrogens (tertiary/aromatic N) is 4. The van der Waals surface area contributed by atoms with Crippen molar-refractivity contribution >= 4 is 28.1 Å². The Morgan fingerprint density at radius 3 is 2.78 bits per heavy atom. The molecule has 0 spiro atoms. The maximum Gasteiger partial charge on any atom is 0.209 e. The second kappa shape index (κ2) is 6.26. The van der Waals surface area contributed by atoms with Gasteiger partial charge in [0.15, 0.2) is 5.01 Å². The van der Waals surface area contributed by atoms with Crippen LogP contribution in [0.1, 0.15) is 24.4 Å². The average Bonchev–Trinajstić information content (AvgIpc) is 3.25. The minimum atomic E-state index is 0.272. The summed E-state index contributed by atoms with van der Waals surface area (Å²) in [7, 11) is 0. The van der Waals surface area contributed by atoms with E-state index in [1.807, 2.05) is 36.4 Å². The summed E-state index contributed by atoms with van der Waals surface area (Å²) in [5.74, 6) is 0. The number of rotatable bonds is 3. The Bertz CT molecular complexity index is 805. The molecule has 23 heavy (non-hydrogen) atoms. The summed E-state index contributed by atoms with van der Waals surface area (Å²) in [4.78, 5) is 6.66. The van der Waals surface area contributed by atoms with Crippen molar-refractivity contribution in [2.45, 2.75) is 18.9 Å². The fraction of sp³-hybridized carbons (Fsp3) is 0.235. The first-order valence-corrected chi connectivity index (χ1v) is 8.78. The fourth-order valence-electron chi connectivity index (χ4n) is 2.99. The van der Waals surface area contributed by atoms with E-state index in [1.54, 1.807) is 17.5 Å². The van der Waals surface area contributed by atoms with Gasteiger partial charge >= 0.3 is 0 Å². The summed E-state index contributed by atoms with van der Waals surface area (Å²) >= 11 is 7.97. The third kappa shape index (κ3) is 2.82. The number of hydrogen-bond acceptors (Lipinski definition) is 5. The van der Waals surface area contributed by atoms with E-state index in [0.717, 1.165) is 40.2 Å². The highest BCUT2D eigenvalue weighted by Crippen LogP contribution is 2.40. The number of pyridine rings is 1. The molecule has 0 amide bonds. The number of halogens is 1. The van der Waals surface area contributed by atoms with Gasteiger partial charge in [-0.05, 0) is 36.6 Å². The number of aromatic nitrogens is 3. The molecule has 0 saturated carbocycles. The van der Waals surface area contributed by atoms with E-state index in [4.69, 9.17) is 11.6 Å². The normalized spacial score (nSPS) is 17.6. The second-order valence-electron chi connectivity index (χ2n) is 5.48. The molecule has 0 unspecified atom stereocenters. The van der Waals surface area contributed by atoms with Crippen LogP contribution in [0.3, 0.4) is 0 Å². The van der Waals surface area contributed by atoms with Crippen LogP contribution < -0.4 is 4.90 Å². The predicted molar refractivity (Wildman–Crippen MR) is 93.9 cm³/mol. The lowest BCUT2D eigenvalue weighted by molar-refractivity contribution is 0.714. The van der Waals surface area contributed by atoms with E-state index in [0.29, 0.717) is 0 Å².